The van der Waals surface area contributed by atoms with Gasteiger partial charge in [-0.3, -0.25) is 0 Å². The van der Waals surface area contributed by atoms with Gasteiger partial charge in [-0.1, -0.05) is 11.2 Å². The molecule has 1 aliphatic rings. The maximum Gasteiger partial charge on any atom is 0.170 e. The zero-order valence-electron chi connectivity index (χ0n) is 10.8. The molecule has 1 fully saturated rings. The normalized spacial score (nSPS) is 23.2. The molecule has 0 bridgehead atoms. The van der Waals surface area contributed by atoms with Crippen LogP contribution in [0.25, 0.3) is 0 Å². The number of ether oxygens (including phenoxy) is 1. The van der Waals surface area contributed by atoms with Crippen LogP contribution in [0.2, 0.25) is 0 Å². The van der Waals surface area contributed by atoms with Gasteiger partial charge in [0.05, 0.1) is 6.10 Å². The Morgan fingerprint density at radius 1 is 1.58 bits per heavy atom. The number of nitrogens with two attached hydrogens (primary N) is 1. The fraction of sp³-hybridized carbons (Fsp3) is 0.462. The minimum Gasteiger partial charge on any atom is -0.409 e. The summed E-state index contributed by atoms with van der Waals surface area (Å²) in [7, 11) is 1.71. The van der Waals surface area contributed by atoms with Crippen molar-refractivity contribution in [1.29, 1.82) is 0 Å². The zero-order valence-corrected chi connectivity index (χ0v) is 10.8. The van der Waals surface area contributed by atoms with E-state index in [1.165, 1.54) is 12.1 Å². The summed E-state index contributed by atoms with van der Waals surface area (Å²) < 4.78 is 18.4. The number of amidine groups is 1. The third-order valence-corrected chi connectivity index (χ3v) is 3.46. The number of rotatable bonds is 5. The molecule has 19 heavy (non-hydrogen) atoms. The Hall–Kier alpha value is -1.66. The molecule has 0 heterocycles. The van der Waals surface area contributed by atoms with Crippen LogP contribution < -0.4 is 11.1 Å². The van der Waals surface area contributed by atoms with E-state index in [1.54, 1.807) is 13.2 Å². The number of benzene rings is 1. The summed E-state index contributed by atoms with van der Waals surface area (Å²) in [6.45, 7) is 0.549. The van der Waals surface area contributed by atoms with Crippen LogP contribution in [0.3, 0.4) is 0 Å². The molecule has 2 rings (SSSR count). The van der Waals surface area contributed by atoms with Crippen molar-refractivity contribution in [2.75, 3.05) is 7.11 Å². The van der Waals surface area contributed by atoms with Gasteiger partial charge in [-0.05, 0) is 30.5 Å². The Morgan fingerprint density at radius 3 is 2.95 bits per heavy atom. The zero-order chi connectivity index (χ0) is 13.8. The summed E-state index contributed by atoms with van der Waals surface area (Å²) in [5, 5.41) is 15.0. The van der Waals surface area contributed by atoms with Crippen molar-refractivity contribution in [3.8, 4) is 0 Å². The molecule has 0 atom stereocenters. The third-order valence-electron chi connectivity index (χ3n) is 3.46. The fourth-order valence-corrected chi connectivity index (χ4v) is 2.17. The second-order valence-corrected chi connectivity index (χ2v) is 4.69. The average Bonchev–Trinajstić information content (AvgIpc) is 2.37. The van der Waals surface area contributed by atoms with Crippen LogP contribution in [0.5, 0.6) is 0 Å². The van der Waals surface area contributed by atoms with E-state index in [-0.39, 0.29) is 5.84 Å². The molecule has 0 aliphatic heterocycles. The maximum absolute atomic E-state index is 13.2. The monoisotopic (exact) mass is 267 g/mol. The number of nitrogens with one attached hydrogen (secondary N) is 1. The first-order chi connectivity index (χ1) is 9.13. The van der Waals surface area contributed by atoms with E-state index in [0.29, 0.717) is 24.3 Å². The first kappa shape index (κ1) is 13.8. The lowest BCUT2D eigenvalue weighted by molar-refractivity contribution is 0.0170. The largest absolute Gasteiger partial charge is 0.409 e. The standard InChI is InChI=1S/C13H18FN3O2/c1-19-11-5-10(6-11)16-7-8-2-3-9(14)4-12(8)13(15)17-18/h2-4,10-11,16,18H,5-7H2,1H3,(H2,15,17). The van der Waals surface area contributed by atoms with Crippen molar-refractivity contribution in [2.45, 2.75) is 31.5 Å². The van der Waals surface area contributed by atoms with Crippen molar-refractivity contribution in [2.24, 2.45) is 10.9 Å². The van der Waals surface area contributed by atoms with Crippen LogP contribution in [0, 0.1) is 5.82 Å². The fourth-order valence-electron chi connectivity index (χ4n) is 2.17. The predicted molar refractivity (Wildman–Crippen MR) is 69.6 cm³/mol. The molecule has 1 aromatic carbocycles. The van der Waals surface area contributed by atoms with Crippen molar-refractivity contribution >= 4 is 5.84 Å². The van der Waals surface area contributed by atoms with Crippen molar-refractivity contribution in [3.05, 3.63) is 35.1 Å². The molecular formula is C13H18FN3O2. The van der Waals surface area contributed by atoms with Gasteiger partial charge in [-0.2, -0.15) is 0 Å². The van der Waals surface area contributed by atoms with Crippen molar-refractivity contribution in [1.82, 2.24) is 5.32 Å². The van der Waals surface area contributed by atoms with Crippen LogP contribution in [0.15, 0.2) is 23.4 Å². The Balaban J connectivity index is 2.00. The molecule has 1 aromatic rings. The lowest BCUT2D eigenvalue weighted by Gasteiger charge is -2.35. The molecule has 104 valence electrons. The number of hydrogen-bond acceptors (Lipinski definition) is 4. The maximum atomic E-state index is 13.2. The molecule has 4 N–H and O–H groups in total. The molecule has 0 radical (unpaired) electrons. The SMILES string of the molecule is COC1CC(NCc2ccc(F)cc2/C(N)=N/O)C1. The van der Waals surface area contributed by atoms with E-state index >= 15 is 0 Å². The quantitative estimate of drug-likeness (QED) is 0.324. The van der Waals surface area contributed by atoms with Gasteiger partial charge in [0.2, 0.25) is 0 Å². The van der Waals surface area contributed by atoms with Gasteiger partial charge < -0.3 is 21.0 Å². The molecule has 1 aliphatic carbocycles. The van der Waals surface area contributed by atoms with Crippen molar-refractivity contribution < 1.29 is 14.3 Å². The van der Waals surface area contributed by atoms with Gasteiger partial charge in [0.15, 0.2) is 5.84 Å². The number of oxime groups is 1. The van der Waals surface area contributed by atoms with Gasteiger partial charge >= 0.3 is 0 Å². The summed E-state index contributed by atoms with van der Waals surface area (Å²) in [5.74, 6) is -0.492. The minimum absolute atomic E-state index is 0.0836. The minimum atomic E-state index is -0.409. The highest BCUT2D eigenvalue weighted by atomic mass is 19.1. The van der Waals surface area contributed by atoms with Crippen LogP contribution in [-0.4, -0.2) is 30.3 Å². The Kier molecular flexibility index (Phi) is 4.34. The number of nitrogens with zero attached hydrogens (tertiary/aromatic N) is 1. The Bertz CT molecular complexity index is 473. The molecule has 0 saturated heterocycles. The highest BCUT2D eigenvalue weighted by Gasteiger charge is 2.28. The summed E-state index contributed by atoms with van der Waals surface area (Å²) in [4.78, 5) is 0. The second-order valence-electron chi connectivity index (χ2n) is 4.69. The molecule has 0 aromatic heterocycles. The van der Waals surface area contributed by atoms with E-state index in [4.69, 9.17) is 15.7 Å². The lowest BCUT2D eigenvalue weighted by Crippen LogP contribution is -2.44. The van der Waals surface area contributed by atoms with E-state index < -0.39 is 5.82 Å². The van der Waals surface area contributed by atoms with Crippen LogP contribution in [0.4, 0.5) is 4.39 Å². The number of halogens is 1. The smallest absolute Gasteiger partial charge is 0.170 e. The molecule has 1 saturated carbocycles. The predicted octanol–water partition coefficient (Wildman–Crippen LogP) is 1.19. The van der Waals surface area contributed by atoms with E-state index in [9.17, 15) is 4.39 Å². The highest BCUT2D eigenvalue weighted by Crippen LogP contribution is 2.23. The van der Waals surface area contributed by atoms with Gasteiger partial charge in [0.1, 0.15) is 5.82 Å². The summed E-state index contributed by atoms with van der Waals surface area (Å²) >= 11 is 0. The molecular weight excluding hydrogens is 249 g/mol. The molecule has 5 nitrogen and oxygen atoms in total. The van der Waals surface area contributed by atoms with E-state index in [0.717, 1.165) is 18.4 Å². The van der Waals surface area contributed by atoms with Gasteiger partial charge in [0, 0.05) is 25.3 Å². The average molecular weight is 267 g/mol. The van der Waals surface area contributed by atoms with Gasteiger partial charge in [-0.15, -0.1) is 0 Å². The van der Waals surface area contributed by atoms with Crippen LogP contribution in [-0.2, 0) is 11.3 Å². The van der Waals surface area contributed by atoms with E-state index in [1.807, 2.05) is 0 Å². The molecule has 0 amide bonds. The summed E-state index contributed by atoms with van der Waals surface area (Å²) in [5.41, 5.74) is 6.76. The van der Waals surface area contributed by atoms with Gasteiger partial charge in [0.25, 0.3) is 0 Å². The molecule has 0 spiro atoms. The first-order valence-electron chi connectivity index (χ1n) is 6.16. The third kappa shape index (κ3) is 3.21. The van der Waals surface area contributed by atoms with Crippen LogP contribution >= 0.6 is 0 Å². The summed E-state index contributed by atoms with van der Waals surface area (Å²) in [6.07, 6.45) is 2.27. The number of hydrogen-bond donors (Lipinski definition) is 3. The number of methoxy groups -OCH3 is 1. The Morgan fingerprint density at radius 2 is 2.32 bits per heavy atom. The van der Waals surface area contributed by atoms with Crippen LogP contribution in [0.1, 0.15) is 24.0 Å². The van der Waals surface area contributed by atoms with Gasteiger partial charge in [-0.25, -0.2) is 4.39 Å². The molecule has 6 heteroatoms. The van der Waals surface area contributed by atoms with E-state index in [2.05, 4.69) is 10.5 Å². The second kappa shape index (κ2) is 5.99. The lowest BCUT2D eigenvalue weighted by atomic mass is 9.89. The van der Waals surface area contributed by atoms with Crippen molar-refractivity contribution in [3.63, 3.8) is 0 Å². The topological polar surface area (TPSA) is 79.9 Å². The Labute approximate surface area is 111 Å². The summed E-state index contributed by atoms with van der Waals surface area (Å²) in [6, 6.07) is 4.67. The first-order valence-corrected chi connectivity index (χ1v) is 6.16. The molecule has 0 unspecified atom stereocenters. The highest BCUT2D eigenvalue weighted by molar-refractivity contribution is 5.98.